The number of fused-ring (bicyclic) bond motifs is 1. The first-order chi connectivity index (χ1) is 13.0. The summed E-state index contributed by atoms with van der Waals surface area (Å²) in [5.41, 5.74) is 2.48. The molecule has 0 bridgehead atoms. The van der Waals surface area contributed by atoms with E-state index in [9.17, 15) is 4.79 Å². The lowest BCUT2D eigenvalue weighted by molar-refractivity contribution is -0.0404. The number of rotatable bonds is 4. The van der Waals surface area contributed by atoms with Crippen LogP contribution in [0.5, 0.6) is 0 Å². The van der Waals surface area contributed by atoms with Gasteiger partial charge in [0.25, 0.3) is 11.9 Å². The Hall–Kier alpha value is -2.93. The number of aryl methyl sites for hydroxylation is 1. The van der Waals surface area contributed by atoms with Crippen LogP contribution in [0.3, 0.4) is 0 Å². The van der Waals surface area contributed by atoms with E-state index in [1.54, 1.807) is 18.3 Å². The minimum absolute atomic E-state index is 0.135. The number of nitrogens with one attached hydrogen (secondary N) is 1. The van der Waals surface area contributed by atoms with Crippen LogP contribution < -0.4 is 10.2 Å². The molecule has 3 aromatic rings. The number of benzene rings is 1. The molecule has 27 heavy (non-hydrogen) atoms. The Morgan fingerprint density at radius 1 is 1.33 bits per heavy atom. The van der Waals surface area contributed by atoms with Crippen LogP contribution in [0.15, 0.2) is 47.0 Å². The van der Waals surface area contributed by atoms with Gasteiger partial charge in [-0.05, 0) is 38.1 Å². The Morgan fingerprint density at radius 3 is 3.00 bits per heavy atom. The summed E-state index contributed by atoms with van der Waals surface area (Å²) in [7, 11) is 0. The average Bonchev–Trinajstić information content (AvgIpc) is 3.10. The van der Waals surface area contributed by atoms with Crippen LogP contribution in [0.4, 0.5) is 6.01 Å². The Labute approximate surface area is 157 Å². The van der Waals surface area contributed by atoms with E-state index < -0.39 is 5.60 Å². The normalized spacial score (nSPS) is 20.0. The maximum atomic E-state index is 12.4. The first-order valence-electron chi connectivity index (χ1n) is 8.98. The van der Waals surface area contributed by atoms with E-state index in [4.69, 9.17) is 9.15 Å². The summed E-state index contributed by atoms with van der Waals surface area (Å²) < 4.78 is 11.8. The molecular weight excluding hydrogens is 344 g/mol. The van der Waals surface area contributed by atoms with E-state index in [1.807, 2.05) is 38.1 Å². The minimum Gasteiger partial charge on any atom is -0.423 e. The van der Waals surface area contributed by atoms with Gasteiger partial charge in [-0.1, -0.05) is 12.1 Å². The molecule has 1 unspecified atom stereocenters. The number of ether oxygens (including phenoxy) is 1. The fraction of sp³-hybridized carbons (Fsp3) is 0.350. The SMILES string of the molecule is Cc1cc(C(=O)NCC2(C)CN(c3nc4ccccc4o3)CCO2)ccn1. The highest BCUT2D eigenvalue weighted by atomic mass is 16.5. The zero-order valence-corrected chi connectivity index (χ0v) is 15.4. The van der Waals surface area contributed by atoms with Crippen LogP contribution in [0.25, 0.3) is 11.1 Å². The van der Waals surface area contributed by atoms with Crippen LogP contribution >= 0.6 is 0 Å². The number of pyridine rings is 1. The number of hydrogen-bond donors (Lipinski definition) is 1. The molecule has 1 aromatic carbocycles. The fourth-order valence-electron chi connectivity index (χ4n) is 3.25. The van der Waals surface area contributed by atoms with Crippen molar-refractivity contribution in [3.63, 3.8) is 0 Å². The number of carbonyl (C=O) groups is 1. The zero-order chi connectivity index (χ0) is 18.9. The van der Waals surface area contributed by atoms with Crippen molar-refractivity contribution >= 4 is 23.0 Å². The lowest BCUT2D eigenvalue weighted by atomic mass is 10.0. The third-order valence-electron chi connectivity index (χ3n) is 4.67. The third kappa shape index (κ3) is 3.78. The standard InChI is InChI=1S/C20H22N4O3/c1-14-11-15(7-8-21-14)18(25)22-12-20(2)13-24(9-10-26-20)19-23-16-5-3-4-6-17(16)27-19/h3-8,11H,9-10,12-13H2,1-2H3,(H,22,25). The molecule has 1 saturated heterocycles. The number of carbonyl (C=O) groups excluding carboxylic acids is 1. The zero-order valence-electron chi connectivity index (χ0n) is 15.4. The van der Waals surface area contributed by atoms with Gasteiger partial charge in [0.2, 0.25) is 0 Å². The maximum Gasteiger partial charge on any atom is 0.298 e. The van der Waals surface area contributed by atoms with Gasteiger partial charge in [-0.15, -0.1) is 0 Å². The molecule has 1 aliphatic rings. The largest absolute Gasteiger partial charge is 0.423 e. The van der Waals surface area contributed by atoms with E-state index in [0.29, 0.717) is 37.8 Å². The molecule has 1 aliphatic heterocycles. The molecule has 0 aliphatic carbocycles. The van der Waals surface area contributed by atoms with E-state index in [2.05, 4.69) is 20.2 Å². The predicted molar refractivity (Wildman–Crippen MR) is 102 cm³/mol. The lowest BCUT2D eigenvalue weighted by Gasteiger charge is -2.39. The fourth-order valence-corrected chi connectivity index (χ4v) is 3.25. The van der Waals surface area contributed by atoms with E-state index in [-0.39, 0.29) is 5.91 Å². The van der Waals surface area contributed by atoms with E-state index >= 15 is 0 Å². The second kappa shape index (κ2) is 7.00. The molecule has 7 nitrogen and oxygen atoms in total. The summed E-state index contributed by atoms with van der Waals surface area (Å²) in [5, 5.41) is 2.97. The Balaban J connectivity index is 1.44. The molecule has 1 atom stereocenters. The molecule has 3 heterocycles. The highest BCUT2D eigenvalue weighted by Gasteiger charge is 2.34. The van der Waals surface area contributed by atoms with Crippen molar-refractivity contribution in [2.75, 3.05) is 31.1 Å². The van der Waals surface area contributed by atoms with Gasteiger partial charge in [-0.2, -0.15) is 4.98 Å². The van der Waals surface area contributed by atoms with Crippen molar-refractivity contribution in [1.29, 1.82) is 0 Å². The van der Waals surface area contributed by atoms with Gasteiger partial charge in [0.15, 0.2) is 5.58 Å². The molecule has 7 heteroatoms. The van der Waals surface area contributed by atoms with Crippen LogP contribution in [-0.2, 0) is 4.74 Å². The van der Waals surface area contributed by atoms with Crippen LogP contribution in [-0.4, -0.2) is 47.7 Å². The molecule has 0 saturated carbocycles. The van der Waals surface area contributed by atoms with Gasteiger partial charge in [-0.25, -0.2) is 0 Å². The van der Waals surface area contributed by atoms with Crippen molar-refractivity contribution in [1.82, 2.24) is 15.3 Å². The summed E-state index contributed by atoms with van der Waals surface area (Å²) in [6.07, 6.45) is 1.64. The van der Waals surface area contributed by atoms with Crippen LogP contribution in [0.2, 0.25) is 0 Å². The highest BCUT2D eigenvalue weighted by Crippen LogP contribution is 2.26. The topological polar surface area (TPSA) is 80.5 Å². The van der Waals surface area contributed by atoms with Crippen molar-refractivity contribution in [3.8, 4) is 0 Å². The summed E-state index contributed by atoms with van der Waals surface area (Å²) in [4.78, 5) is 23.2. The number of aromatic nitrogens is 2. The smallest absolute Gasteiger partial charge is 0.298 e. The second-order valence-corrected chi connectivity index (χ2v) is 7.05. The van der Waals surface area contributed by atoms with E-state index in [1.165, 1.54) is 0 Å². The molecule has 1 amide bonds. The summed E-state index contributed by atoms with van der Waals surface area (Å²) in [5.74, 6) is -0.135. The number of morpholine rings is 1. The number of oxazole rings is 1. The highest BCUT2D eigenvalue weighted by molar-refractivity contribution is 5.94. The summed E-state index contributed by atoms with van der Waals surface area (Å²) >= 11 is 0. The molecule has 1 N–H and O–H groups in total. The number of amides is 1. The van der Waals surface area contributed by atoms with Gasteiger partial charge in [-0.3, -0.25) is 9.78 Å². The quantitative estimate of drug-likeness (QED) is 0.764. The Kier molecular flexibility index (Phi) is 4.53. The third-order valence-corrected chi connectivity index (χ3v) is 4.67. The minimum atomic E-state index is -0.531. The molecule has 0 spiro atoms. The monoisotopic (exact) mass is 366 g/mol. The average molecular weight is 366 g/mol. The van der Waals surface area contributed by atoms with Crippen molar-refractivity contribution < 1.29 is 13.9 Å². The number of nitrogens with zero attached hydrogens (tertiary/aromatic N) is 3. The molecule has 2 aromatic heterocycles. The first-order valence-corrected chi connectivity index (χ1v) is 8.98. The Bertz CT molecular complexity index is 938. The number of para-hydroxylation sites is 2. The molecule has 140 valence electrons. The van der Waals surface area contributed by atoms with Gasteiger partial charge < -0.3 is 19.4 Å². The number of hydrogen-bond acceptors (Lipinski definition) is 6. The van der Waals surface area contributed by atoms with Crippen molar-refractivity contribution in [2.24, 2.45) is 0 Å². The molecular formula is C20H22N4O3. The van der Waals surface area contributed by atoms with Crippen LogP contribution in [0.1, 0.15) is 23.0 Å². The molecule has 4 rings (SSSR count). The molecule has 1 fully saturated rings. The van der Waals surface area contributed by atoms with E-state index in [0.717, 1.165) is 16.8 Å². The molecule has 0 radical (unpaired) electrons. The van der Waals surface area contributed by atoms with Gasteiger partial charge in [0.1, 0.15) is 11.1 Å². The van der Waals surface area contributed by atoms with Crippen molar-refractivity contribution in [2.45, 2.75) is 19.4 Å². The summed E-state index contributed by atoms with van der Waals surface area (Å²) in [6.45, 7) is 6.05. The van der Waals surface area contributed by atoms with Gasteiger partial charge in [0, 0.05) is 30.5 Å². The Morgan fingerprint density at radius 2 is 2.19 bits per heavy atom. The van der Waals surface area contributed by atoms with Gasteiger partial charge in [0.05, 0.1) is 13.2 Å². The van der Waals surface area contributed by atoms with Gasteiger partial charge >= 0.3 is 0 Å². The maximum absolute atomic E-state index is 12.4. The number of anilines is 1. The predicted octanol–water partition coefficient (Wildman–Crippen LogP) is 2.56. The lowest BCUT2D eigenvalue weighted by Crippen LogP contribution is -2.55. The summed E-state index contributed by atoms with van der Waals surface area (Å²) in [6, 6.07) is 11.8. The second-order valence-electron chi connectivity index (χ2n) is 7.05. The van der Waals surface area contributed by atoms with Crippen LogP contribution in [0, 0.1) is 6.92 Å². The van der Waals surface area contributed by atoms with Crippen molar-refractivity contribution in [3.05, 3.63) is 53.9 Å². The first kappa shape index (κ1) is 17.5.